The third-order valence-electron chi connectivity index (χ3n) is 6.09. The van der Waals surface area contributed by atoms with Crippen molar-refractivity contribution in [3.05, 3.63) is 112 Å². The zero-order valence-corrected chi connectivity index (χ0v) is 22.3. The van der Waals surface area contributed by atoms with Gasteiger partial charge in [0.25, 0.3) is 5.69 Å². The molecule has 0 N–H and O–H groups in total. The van der Waals surface area contributed by atoms with E-state index in [0.29, 0.717) is 11.1 Å². The fourth-order valence-corrected chi connectivity index (χ4v) is 4.34. The van der Waals surface area contributed by atoms with E-state index in [-0.39, 0.29) is 29.5 Å². The first kappa shape index (κ1) is 30.7. The summed E-state index contributed by atoms with van der Waals surface area (Å²) in [5.74, 6) is -3.59. The van der Waals surface area contributed by atoms with Gasteiger partial charge in [-0.1, -0.05) is 12.1 Å². The summed E-state index contributed by atoms with van der Waals surface area (Å²) in [6, 6.07) is 15.0. The maximum absolute atomic E-state index is 13.4. The first-order valence-corrected chi connectivity index (χ1v) is 12.6. The first-order chi connectivity index (χ1) is 20.7. The van der Waals surface area contributed by atoms with Gasteiger partial charge >= 0.3 is 19.2 Å². The van der Waals surface area contributed by atoms with Gasteiger partial charge in [-0.2, -0.15) is 17.6 Å². The Balaban J connectivity index is 1.79. The Morgan fingerprint density at radius 1 is 0.860 bits per heavy atom. The van der Waals surface area contributed by atoms with Gasteiger partial charge in [0.2, 0.25) is 5.88 Å². The highest BCUT2D eigenvalue weighted by atomic mass is 19.3. The molecule has 2 atom stereocenters. The number of pyridine rings is 2. The summed E-state index contributed by atoms with van der Waals surface area (Å²) in [6.07, 6.45) is 4.31. The standard InChI is InChI=1S/C29H23F4N3O7/c1-2-40-27(37)26(17-11-13-34-14-12-17)25(18-3-9-22(42-28(30)31)23(15-18)43-29(32)33)19-4-10-24(35-16-19)41-21-7-5-20(6-8-21)36(38)39/h3-16,25-26,28-29H,2H2,1H3. The van der Waals surface area contributed by atoms with Crippen molar-refractivity contribution in [2.75, 3.05) is 6.61 Å². The van der Waals surface area contributed by atoms with Crippen LogP contribution in [0.2, 0.25) is 0 Å². The molecule has 2 unspecified atom stereocenters. The number of halogens is 4. The normalized spacial score (nSPS) is 12.4. The molecular weight excluding hydrogens is 578 g/mol. The zero-order valence-electron chi connectivity index (χ0n) is 22.3. The molecule has 0 amide bonds. The van der Waals surface area contributed by atoms with E-state index in [0.717, 1.165) is 12.1 Å². The van der Waals surface area contributed by atoms with Gasteiger partial charge in [-0.3, -0.25) is 19.9 Å². The van der Waals surface area contributed by atoms with Gasteiger partial charge in [-0.05, 0) is 60.0 Å². The molecule has 10 nitrogen and oxygen atoms in total. The van der Waals surface area contributed by atoms with Gasteiger partial charge in [0, 0.05) is 42.7 Å². The summed E-state index contributed by atoms with van der Waals surface area (Å²) in [5, 5.41) is 10.9. The van der Waals surface area contributed by atoms with Crippen molar-refractivity contribution in [3.8, 4) is 23.1 Å². The highest BCUT2D eigenvalue weighted by molar-refractivity contribution is 5.80. The number of nitro benzene ring substituents is 1. The van der Waals surface area contributed by atoms with E-state index in [2.05, 4.69) is 19.4 Å². The van der Waals surface area contributed by atoms with E-state index in [1.54, 1.807) is 25.1 Å². The summed E-state index contributed by atoms with van der Waals surface area (Å²) in [5.41, 5.74) is 0.961. The molecule has 2 heterocycles. The van der Waals surface area contributed by atoms with Crippen molar-refractivity contribution in [1.82, 2.24) is 9.97 Å². The van der Waals surface area contributed by atoms with Crippen LogP contribution in [0.4, 0.5) is 23.2 Å². The third kappa shape index (κ3) is 7.93. The van der Waals surface area contributed by atoms with Crippen LogP contribution in [0, 0.1) is 10.1 Å². The maximum atomic E-state index is 13.4. The van der Waals surface area contributed by atoms with Crippen LogP contribution in [0.3, 0.4) is 0 Å². The molecule has 0 saturated carbocycles. The Morgan fingerprint density at radius 3 is 2.09 bits per heavy atom. The van der Waals surface area contributed by atoms with Crippen LogP contribution in [0.1, 0.15) is 35.4 Å². The Morgan fingerprint density at radius 2 is 1.51 bits per heavy atom. The van der Waals surface area contributed by atoms with Crippen LogP contribution in [0.5, 0.6) is 23.1 Å². The molecule has 14 heteroatoms. The molecule has 0 aliphatic rings. The molecule has 2 aromatic carbocycles. The highest BCUT2D eigenvalue weighted by Crippen LogP contribution is 2.43. The van der Waals surface area contributed by atoms with Gasteiger partial charge in [0.1, 0.15) is 5.75 Å². The van der Waals surface area contributed by atoms with Crippen molar-refractivity contribution in [2.45, 2.75) is 32.0 Å². The molecule has 0 spiro atoms. The second kappa shape index (κ2) is 14.1. The second-order valence-corrected chi connectivity index (χ2v) is 8.73. The monoisotopic (exact) mass is 601 g/mol. The number of esters is 1. The lowest BCUT2D eigenvalue weighted by Gasteiger charge is -2.27. The minimum absolute atomic E-state index is 0.0360. The van der Waals surface area contributed by atoms with E-state index in [4.69, 9.17) is 9.47 Å². The Labute approximate surface area is 242 Å². The maximum Gasteiger partial charge on any atom is 0.387 e. The van der Waals surface area contributed by atoms with E-state index < -0.39 is 47.5 Å². The zero-order chi connectivity index (χ0) is 30.9. The Kier molecular flexibility index (Phi) is 10.0. The van der Waals surface area contributed by atoms with Crippen molar-refractivity contribution >= 4 is 11.7 Å². The van der Waals surface area contributed by atoms with Crippen LogP contribution in [0.25, 0.3) is 0 Å². The van der Waals surface area contributed by atoms with Crippen LogP contribution in [-0.2, 0) is 9.53 Å². The molecule has 0 bridgehead atoms. The molecule has 224 valence electrons. The molecule has 4 aromatic rings. The summed E-state index contributed by atoms with van der Waals surface area (Å²) in [4.78, 5) is 32.0. The average molecular weight is 602 g/mol. The van der Waals surface area contributed by atoms with E-state index in [9.17, 15) is 32.5 Å². The van der Waals surface area contributed by atoms with Gasteiger partial charge in [-0.25, -0.2) is 4.98 Å². The number of rotatable bonds is 13. The summed E-state index contributed by atoms with van der Waals surface area (Å²) < 4.78 is 72.3. The van der Waals surface area contributed by atoms with Crippen LogP contribution >= 0.6 is 0 Å². The highest BCUT2D eigenvalue weighted by Gasteiger charge is 2.35. The quantitative estimate of drug-likeness (QED) is 0.0700. The summed E-state index contributed by atoms with van der Waals surface area (Å²) in [6.45, 7) is -5.01. The van der Waals surface area contributed by atoms with E-state index >= 15 is 0 Å². The number of hydrogen-bond donors (Lipinski definition) is 0. The number of hydrogen-bond acceptors (Lipinski definition) is 9. The van der Waals surface area contributed by atoms with Gasteiger partial charge in [-0.15, -0.1) is 0 Å². The molecule has 4 rings (SSSR count). The molecule has 0 aliphatic heterocycles. The third-order valence-corrected chi connectivity index (χ3v) is 6.09. The Bertz CT molecular complexity index is 1530. The molecule has 0 aliphatic carbocycles. The molecule has 43 heavy (non-hydrogen) atoms. The van der Waals surface area contributed by atoms with Gasteiger partial charge < -0.3 is 18.9 Å². The van der Waals surface area contributed by atoms with Crippen LogP contribution < -0.4 is 14.2 Å². The number of ether oxygens (including phenoxy) is 4. The topological polar surface area (TPSA) is 123 Å². The first-order valence-electron chi connectivity index (χ1n) is 12.6. The minimum atomic E-state index is -3.35. The lowest BCUT2D eigenvalue weighted by atomic mass is 9.77. The number of nitrogens with zero attached hydrogens (tertiary/aromatic N) is 3. The number of non-ortho nitro benzene ring substituents is 1. The largest absolute Gasteiger partial charge is 0.465 e. The van der Waals surface area contributed by atoms with Gasteiger partial charge in [0.05, 0.1) is 17.4 Å². The number of carbonyl (C=O) groups is 1. The molecular formula is C29H23F4N3O7. The number of carbonyl (C=O) groups excluding carboxylic acids is 1. The second-order valence-electron chi connectivity index (χ2n) is 8.73. The number of benzene rings is 2. The molecule has 0 saturated heterocycles. The Hall–Kier alpha value is -5.27. The number of alkyl halides is 4. The lowest BCUT2D eigenvalue weighted by molar-refractivity contribution is -0.384. The van der Waals surface area contributed by atoms with Gasteiger partial charge in [0.15, 0.2) is 11.5 Å². The van der Waals surface area contributed by atoms with E-state index in [1.165, 1.54) is 55.0 Å². The predicted octanol–water partition coefficient (Wildman–Crippen LogP) is 6.86. The summed E-state index contributed by atoms with van der Waals surface area (Å²) >= 11 is 0. The van der Waals surface area contributed by atoms with E-state index in [1.807, 2.05) is 0 Å². The molecule has 2 aromatic heterocycles. The van der Waals surface area contributed by atoms with Crippen LogP contribution in [-0.4, -0.2) is 40.7 Å². The van der Waals surface area contributed by atoms with Crippen molar-refractivity contribution in [2.24, 2.45) is 0 Å². The fraction of sp³-hybridized carbons (Fsp3) is 0.207. The van der Waals surface area contributed by atoms with Crippen molar-refractivity contribution in [3.63, 3.8) is 0 Å². The molecule has 0 fully saturated rings. The molecule has 0 radical (unpaired) electrons. The van der Waals surface area contributed by atoms with Crippen molar-refractivity contribution in [1.29, 1.82) is 0 Å². The fourth-order valence-electron chi connectivity index (χ4n) is 4.34. The average Bonchev–Trinajstić information content (AvgIpc) is 2.98. The van der Waals surface area contributed by atoms with Crippen molar-refractivity contribution < 1.29 is 46.2 Å². The number of nitro groups is 1. The summed E-state index contributed by atoms with van der Waals surface area (Å²) in [7, 11) is 0. The van der Waals surface area contributed by atoms with Crippen LogP contribution in [0.15, 0.2) is 85.3 Å². The smallest absolute Gasteiger partial charge is 0.387 e. The predicted molar refractivity (Wildman–Crippen MR) is 143 cm³/mol. The number of aromatic nitrogens is 2. The SMILES string of the molecule is CCOC(=O)C(c1ccncc1)C(c1ccc(Oc2ccc([N+](=O)[O-])cc2)nc1)c1ccc(OC(F)F)c(OC(F)F)c1. The minimum Gasteiger partial charge on any atom is -0.465 e. The lowest BCUT2D eigenvalue weighted by Crippen LogP contribution is -2.24.